The van der Waals surface area contributed by atoms with Gasteiger partial charge in [0, 0.05) is 12.4 Å². The Kier molecular flexibility index (Phi) is 2.04. The summed E-state index contributed by atoms with van der Waals surface area (Å²) >= 11 is 0. The van der Waals surface area contributed by atoms with E-state index in [-0.39, 0.29) is 5.91 Å². The van der Waals surface area contributed by atoms with Gasteiger partial charge in [0.15, 0.2) is 0 Å². The van der Waals surface area contributed by atoms with Crippen molar-refractivity contribution in [1.82, 2.24) is 9.55 Å². The monoisotopic (exact) mass is 227 g/mol. The highest BCUT2D eigenvalue weighted by Gasteiger charge is 2.19. The van der Waals surface area contributed by atoms with Crippen molar-refractivity contribution in [2.24, 2.45) is 0 Å². The Morgan fingerprint density at radius 2 is 2.06 bits per heavy atom. The Morgan fingerprint density at radius 1 is 1.29 bits per heavy atom. The van der Waals surface area contributed by atoms with Gasteiger partial charge in [-0.1, -0.05) is 0 Å². The fraction of sp³-hybridized carbons (Fsp3) is 0.231. The Balaban J connectivity index is 2.30. The first-order chi connectivity index (χ1) is 8.15. The molecule has 0 saturated heterocycles. The van der Waals surface area contributed by atoms with Crippen molar-refractivity contribution >= 4 is 11.6 Å². The molecule has 1 aromatic carbocycles. The van der Waals surface area contributed by atoms with Crippen molar-refractivity contribution in [3.63, 3.8) is 0 Å². The summed E-state index contributed by atoms with van der Waals surface area (Å²) in [5.41, 5.74) is 4.23. The number of hydrogen-bond donors (Lipinski definition) is 1. The number of aryl methyl sites for hydroxylation is 2. The number of carbonyl (C=O) groups is 1. The van der Waals surface area contributed by atoms with Crippen molar-refractivity contribution in [3.8, 4) is 5.69 Å². The quantitative estimate of drug-likeness (QED) is 0.748. The molecule has 2 aromatic rings. The maximum atomic E-state index is 11.7. The molecule has 2 heterocycles. The van der Waals surface area contributed by atoms with Crippen LogP contribution in [0.3, 0.4) is 0 Å². The molecule has 4 nitrogen and oxygen atoms in total. The number of imidazole rings is 1. The van der Waals surface area contributed by atoms with Gasteiger partial charge in [-0.2, -0.15) is 0 Å². The molecule has 0 aliphatic carbocycles. The molecular formula is C13H13N3O. The normalized spacial score (nSPS) is 13.6. The number of anilines is 1. The van der Waals surface area contributed by atoms with Crippen LogP contribution in [0.2, 0.25) is 0 Å². The van der Waals surface area contributed by atoms with E-state index in [1.54, 1.807) is 6.20 Å². The molecule has 17 heavy (non-hydrogen) atoms. The van der Waals surface area contributed by atoms with Gasteiger partial charge in [0.05, 0.1) is 17.8 Å². The predicted molar refractivity (Wildman–Crippen MR) is 65.4 cm³/mol. The van der Waals surface area contributed by atoms with Crippen LogP contribution in [0.25, 0.3) is 5.69 Å². The van der Waals surface area contributed by atoms with Crippen LogP contribution in [0.1, 0.15) is 17.0 Å². The molecule has 0 bridgehead atoms. The van der Waals surface area contributed by atoms with E-state index in [1.807, 2.05) is 23.8 Å². The van der Waals surface area contributed by atoms with Gasteiger partial charge in [0.25, 0.3) is 0 Å². The lowest BCUT2D eigenvalue weighted by molar-refractivity contribution is -0.115. The first-order valence-corrected chi connectivity index (χ1v) is 5.59. The highest BCUT2D eigenvalue weighted by molar-refractivity contribution is 5.95. The van der Waals surface area contributed by atoms with E-state index in [0.717, 1.165) is 17.2 Å². The summed E-state index contributed by atoms with van der Waals surface area (Å²) in [5.74, 6) is 0.768. The lowest BCUT2D eigenvalue weighted by atomic mass is 10.1. The summed E-state index contributed by atoms with van der Waals surface area (Å²) in [6, 6.07) is 4.10. The molecule has 1 aromatic heterocycles. The third kappa shape index (κ3) is 1.53. The van der Waals surface area contributed by atoms with E-state index in [2.05, 4.69) is 23.3 Å². The Labute approximate surface area is 99.3 Å². The zero-order valence-corrected chi connectivity index (χ0v) is 9.82. The number of carbonyl (C=O) groups excluding carboxylic acids is 1. The third-order valence-corrected chi connectivity index (χ3v) is 3.18. The molecule has 1 amide bonds. The number of rotatable bonds is 0. The standard InChI is InChI=1S/C13H13N3O/c1-8-5-10-11(6-9(8)2)16-4-3-14-12(16)7-13(17)15-10/h3-6H,7H2,1-2H3,(H,15,17). The van der Waals surface area contributed by atoms with Crippen molar-refractivity contribution in [3.05, 3.63) is 41.5 Å². The van der Waals surface area contributed by atoms with Crippen LogP contribution in [0.4, 0.5) is 5.69 Å². The Hall–Kier alpha value is -2.10. The summed E-state index contributed by atoms with van der Waals surface area (Å²) in [5, 5.41) is 2.92. The van der Waals surface area contributed by atoms with Gasteiger partial charge >= 0.3 is 0 Å². The summed E-state index contributed by atoms with van der Waals surface area (Å²) < 4.78 is 1.97. The van der Waals surface area contributed by atoms with Crippen LogP contribution in [-0.4, -0.2) is 15.5 Å². The third-order valence-electron chi connectivity index (χ3n) is 3.18. The second-order valence-corrected chi connectivity index (χ2v) is 4.39. The van der Waals surface area contributed by atoms with Crippen LogP contribution in [0.5, 0.6) is 0 Å². The average Bonchev–Trinajstić information content (AvgIpc) is 2.66. The minimum atomic E-state index is -0.0144. The van der Waals surface area contributed by atoms with Gasteiger partial charge in [-0.15, -0.1) is 0 Å². The van der Waals surface area contributed by atoms with Gasteiger partial charge in [0.2, 0.25) is 5.91 Å². The van der Waals surface area contributed by atoms with E-state index in [9.17, 15) is 4.79 Å². The molecule has 0 atom stereocenters. The minimum Gasteiger partial charge on any atom is -0.324 e. The lowest BCUT2D eigenvalue weighted by Gasteiger charge is -2.12. The number of benzene rings is 1. The number of nitrogens with zero attached hydrogens (tertiary/aromatic N) is 2. The fourth-order valence-corrected chi connectivity index (χ4v) is 2.12. The maximum absolute atomic E-state index is 11.7. The van der Waals surface area contributed by atoms with Gasteiger partial charge < -0.3 is 9.88 Å². The molecule has 0 radical (unpaired) electrons. The van der Waals surface area contributed by atoms with Crippen molar-refractivity contribution in [2.75, 3.05) is 5.32 Å². The molecule has 0 spiro atoms. The summed E-state index contributed by atoms with van der Waals surface area (Å²) in [4.78, 5) is 16.0. The number of aromatic nitrogens is 2. The van der Waals surface area contributed by atoms with Gasteiger partial charge in [-0.3, -0.25) is 4.79 Å². The molecule has 1 aliphatic heterocycles. The van der Waals surface area contributed by atoms with Crippen LogP contribution in [0, 0.1) is 13.8 Å². The van der Waals surface area contributed by atoms with Gasteiger partial charge in [-0.25, -0.2) is 4.98 Å². The summed E-state index contributed by atoms with van der Waals surface area (Å²) in [6.07, 6.45) is 3.94. The van der Waals surface area contributed by atoms with Crippen LogP contribution in [-0.2, 0) is 11.2 Å². The summed E-state index contributed by atoms with van der Waals surface area (Å²) in [7, 11) is 0. The van der Waals surface area contributed by atoms with Crippen LogP contribution in [0.15, 0.2) is 24.5 Å². The van der Waals surface area contributed by atoms with E-state index in [0.29, 0.717) is 6.42 Å². The maximum Gasteiger partial charge on any atom is 0.232 e. The molecule has 3 rings (SSSR count). The highest BCUT2D eigenvalue weighted by Crippen LogP contribution is 2.28. The number of hydrogen-bond acceptors (Lipinski definition) is 2. The molecular weight excluding hydrogens is 214 g/mol. The zero-order valence-electron chi connectivity index (χ0n) is 9.82. The van der Waals surface area contributed by atoms with E-state index >= 15 is 0 Å². The molecule has 1 N–H and O–H groups in total. The molecule has 0 saturated carbocycles. The van der Waals surface area contributed by atoms with E-state index < -0.39 is 0 Å². The first kappa shape index (κ1) is 10.1. The average molecular weight is 227 g/mol. The summed E-state index contributed by atoms with van der Waals surface area (Å²) in [6.45, 7) is 4.11. The topological polar surface area (TPSA) is 46.9 Å². The highest BCUT2D eigenvalue weighted by atomic mass is 16.1. The smallest absolute Gasteiger partial charge is 0.232 e. The Morgan fingerprint density at radius 3 is 2.88 bits per heavy atom. The van der Waals surface area contributed by atoms with Crippen LogP contribution >= 0.6 is 0 Å². The SMILES string of the molecule is Cc1cc2c(cc1C)-n1ccnc1CC(=O)N2. The fourth-order valence-electron chi connectivity index (χ4n) is 2.12. The number of nitrogens with one attached hydrogen (secondary N) is 1. The molecule has 0 fully saturated rings. The number of amides is 1. The Bertz CT molecular complexity index is 613. The van der Waals surface area contributed by atoms with Crippen molar-refractivity contribution in [1.29, 1.82) is 0 Å². The van der Waals surface area contributed by atoms with E-state index in [1.165, 1.54) is 11.1 Å². The number of fused-ring (bicyclic) bond motifs is 3. The lowest BCUT2D eigenvalue weighted by Crippen LogP contribution is -2.13. The van der Waals surface area contributed by atoms with Crippen molar-refractivity contribution < 1.29 is 4.79 Å². The zero-order chi connectivity index (χ0) is 12.0. The first-order valence-electron chi connectivity index (χ1n) is 5.59. The molecule has 1 aliphatic rings. The molecule has 0 unspecified atom stereocenters. The minimum absolute atomic E-state index is 0.0144. The van der Waals surface area contributed by atoms with Crippen LogP contribution < -0.4 is 5.32 Å². The van der Waals surface area contributed by atoms with Gasteiger partial charge in [-0.05, 0) is 37.1 Å². The van der Waals surface area contributed by atoms with Gasteiger partial charge in [0.1, 0.15) is 5.82 Å². The second kappa shape index (κ2) is 3.45. The van der Waals surface area contributed by atoms with E-state index in [4.69, 9.17) is 0 Å². The van der Waals surface area contributed by atoms with Crippen molar-refractivity contribution in [2.45, 2.75) is 20.3 Å². The second-order valence-electron chi connectivity index (χ2n) is 4.39. The molecule has 4 heteroatoms. The molecule has 86 valence electrons. The predicted octanol–water partition coefficient (Wildman–Crippen LogP) is 1.98. The largest absolute Gasteiger partial charge is 0.324 e.